The standard InChI is InChI=1S/C28H29N3O5/c1-28(2,3)36-27(33)31-12-11-23(17-31)35-22-8-6-19(7-9-22)24(26(32)34-4)15-21-14-20-13-18(16-29)5-10-25(20)30-21/h5-10,13-15,23,30H,11-12,17H2,1-4H3/b24-15-/t23-/m0/s1. The molecule has 0 aliphatic carbocycles. The molecule has 2 heterocycles. The Balaban J connectivity index is 1.48. The number of nitrogens with zero attached hydrogens (tertiary/aromatic N) is 2. The zero-order chi connectivity index (χ0) is 25.9. The van der Waals surface area contributed by atoms with Crippen LogP contribution in [0.1, 0.15) is 44.0 Å². The smallest absolute Gasteiger partial charge is 0.410 e. The van der Waals surface area contributed by atoms with Crippen molar-refractivity contribution in [1.82, 2.24) is 9.88 Å². The lowest BCUT2D eigenvalue weighted by Crippen LogP contribution is -2.36. The van der Waals surface area contributed by atoms with Crippen molar-refractivity contribution >= 4 is 34.6 Å². The topological polar surface area (TPSA) is 105 Å². The lowest BCUT2D eigenvalue weighted by atomic mass is 10.0. The van der Waals surface area contributed by atoms with Crippen molar-refractivity contribution in [3.8, 4) is 11.8 Å². The van der Waals surface area contributed by atoms with Crippen LogP contribution in [0, 0.1) is 11.3 Å². The van der Waals surface area contributed by atoms with E-state index in [1.807, 2.05) is 32.9 Å². The quantitative estimate of drug-likeness (QED) is 0.395. The number of likely N-dealkylation sites (tertiary alicyclic amines) is 1. The Morgan fingerprint density at radius 3 is 2.56 bits per heavy atom. The second-order valence-corrected chi connectivity index (χ2v) is 9.67. The van der Waals surface area contributed by atoms with Crippen molar-refractivity contribution in [1.29, 1.82) is 5.26 Å². The number of fused-ring (bicyclic) bond motifs is 1. The van der Waals surface area contributed by atoms with E-state index >= 15 is 0 Å². The van der Waals surface area contributed by atoms with Gasteiger partial charge in [0, 0.05) is 29.6 Å². The number of nitrogens with one attached hydrogen (secondary N) is 1. The molecule has 0 unspecified atom stereocenters. The maximum atomic E-state index is 12.6. The molecule has 1 amide bonds. The summed E-state index contributed by atoms with van der Waals surface area (Å²) in [6.07, 6.45) is 1.97. The third-order valence-electron chi connectivity index (χ3n) is 5.74. The Kier molecular flexibility index (Phi) is 7.02. The molecule has 1 aliphatic rings. The van der Waals surface area contributed by atoms with E-state index in [-0.39, 0.29) is 12.2 Å². The van der Waals surface area contributed by atoms with Gasteiger partial charge in [0.25, 0.3) is 0 Å². The maximum absolute atomic E-state index is 12.6. The highest BCUT2D eigenvalue weighted by Crippen LogP contribution is 2.26. The molecule has 1 N–H and O–H groups in total. The molecule has 1 atom stereocenters. The molecule has 8 nitrogen and oxygen atoms in total. The highest BCUT2D eigenvalue weighted by Gasteiger charge is 2.31. The molecule has 1 fully saturated rings. The van der Waals surface area contributed by atoms with Crippen LogP contribution in [0.25, 0.3) is 22.6 Å². The number of aromatic nitrogens is 1. The van der Waals surface area contributed by atoms with Crippen LogP contribution in [0.15, 0.2) is 48.5 Å². The van der Waals surface area contributed by atoms with Crippen molar-refractivity contribution in [3.05, 3.63) is 65.4 Å². The van der Waals surface area contributed by atoms with Gasteiger partial charge < -0.3 is 24.1 Å². The third-order valence-corrected chi connectivity index (χ3v) is 5.74. The Morgan fingerprint density at radius 1 is 1.14 bits per heavy atom. The molecule has 1 aliphatic heterocycles. The first-order valence-corrected chi connectivity index (χ1v) is 11.7. The molecular formula is C28H29N3O5. The summed E-state index contributed by atoms with van der Waals surface area (Å²) in [5, 5.41) is 10.0. The lowest BCUT2D eigenvalue weighted by Gasteiger charge is -2.24. The summed E-state index contributed by atoms with van der Waals surface area (Å²) in [6, 6.07) is 16.6. The number of carbonyl (C=O) groups excluding carboxylic acids is 2. The van der Waals surface area contributed by atoms with Crippen molar-refractivity contribution in [3.63, 3.8) is 0 Å². The molecule has 0 radical (unpaired) electrons. The highest BCUT2D eigenvalue weighted by molar-refractivity contribution is 6.21. The molecule has 4 rings (SSSR count). The number of nitriles is 1. The number of ether oxygens (including phenoxy) is 3. The van der Waals surface area contributed by atoms with Gasteiger partial charge in [-0.3, -0.25) is 0 Å². The van der Waals surface area contributed by atoms with Crippen molar-refractivity contribution in [2.75, 3.05) is 20.2 Å². The second kappa shape index (κ2) is 10.2. The normalized spacial score (nSPS) is 16.0. The highest BCUT2D eigenvalue weighted by atomic mass is 16.6. The number of carbonyl (C=O) groups is 2. The average molecular weight is 488 g/mol. The molecule has 0 bridgehead atoms. The van der Waals surface area contributed by atoms with Gasteiger partial charge in [0.1, 0.15) is 17.5 Å². The zero-order valence-corrected chi connectivity index (χ0v) is 20.8. The van der Waals surface area contributed by atoms with Gasteiger partial charge in [0.2, 0.25) is 0 Å². The van der Waals surface area contributed by atoms with E-state index in [2.05, 4.69) is 11.1 Å². The monoisotopic (exact) mass is 487 g/mol. The minimum absolute atomic E-state index is 0.136. The predicted molar refractivity (Wildman–Crippen MR) is 136 cm³/mol. The predicted octanol–water partition coefficient (Wildman–Crippen LogP) is 5.14. The summed E-state index contributed by atoms with van der Waals surface area (Å²) in [5.41, 5.74) is 2.67. The number of methoxy groups -OCH3 is 1. The van der Waals surface area contributed by atoms with Crippen molar-refractivity contribution < 1.29 is 23.8 Å². The fraction of sp³-hybridized carbons (Fsp3) is 0.321. The van der Waals surface area contributed by atoms with Gasteiger partial charge in [0.15, 0.2) is 0 Å². The maximum Gasteiger partial charge on any atom is 0.410 e. The number of H-pyrrole nitrogens is 1. The average Bonchev–Trinajstić information content (AvgIpc) is 3.47. The van der Waals surface area contributed by atoms with E-state index in [0.29, 0.717) is 47.7 Å². The van der Waals surface area contributed by atoms with Gasteiger partial charge in [-0.25, -0.2) is 9.59 Å². The molecule has 0 spiro atoms. The van der Waals surface area contributed by atoms with E-state index in [0.717, 1.165) is 10.9 Å². The number of amides is 1. The van der Waals surface area contributed by atoms with E-state index in [1.54, 1.807) is 47.4 Å². The molecule has 36 heavy (non-hydrogen) atoms. The lowest BCUT2D eigenvalue weighted by molar-refractivity contribution is -0.133. The number of hydrogen-bond acceptors (Lipinski definition) is 6. The van der Waals surface area contributed by atoms with Gasteiger partial charge in [0.05, 0.1) is 30.9 Å². The Morgan fingerprint density at radius 2 is 1.89 bits per heavy atom. The first-order valence-electron chi connectivity index (χ1n) is 11.7. The summed E-state index contributed by atoms with van der Waals surface area (Å²) >= 11 is 0. The first kappa shape index (κ1) is 24.9. The Labute approximate surface area is 210 Å². The van der Waals surface area contributed by atoms with Gasteiger partial charge >= 0.3 is 12.1 Å². The molecule has 0 saturated carbocycles. The van der Waals surface area contributed by atoms with Crippen LogP contribution < -0.4 is 4.74 Å². The number of esters is 1. The Bertz CT molecular complexity index is 1340. The minimum atomic E-state index is -0.539. The third kappa shape index (κ3) is 5.87. The molecule has 1 saturated heterocycles. The van der Waals surface area contributed by atoms with Crippen LogP contribution >= 0.6 is 0 Å². The van der Waals surface area contributed by atoms with Crippen LogP contribution in [0.4, 0.5) is 4.79 Å². The van der Waals surface area contributed by atoms with Gasteiger partial charge in [-0.05, 0) is 68.8 Å². The summed E-state index contributed by atoms with van der Waals surface area (Å²) < 4.78 is 16.5. The van der Waals surface area contributed by atoms with Crippen molar-refractivity contribution in [2.24, 2.45) is 0 Å². The molecule has 186 valence electrons. The first-order chi connectivity index (χ1) is 17.1. The fourth-order valence-electron chi connectivity index (χ4n) is 4.05. The van der Waals surface area contributed by atoms with E-state index in [1.165, 1.54) is 7.11 Å². The summed E-state index contributed by atoms with van der Waals surface area (Å²) in [7, 11) is 1.34. The van der Waals surface area contributed by atoms with Gasteiger partial charge in [-0.1, -0.05) is 12.1 Å². The number of aromatic amines is 1. The second-order valence-electron chi connectivity index (χ2n) is 9.67. The van der Waals surface area contributed by atoms with Crippen LogP contribution in [-0.2, 0) is 14.3 Å². The fourth-order valence-corrected chi connectivity index (χ4v) is 4.05. The van der Waals surface area contributed by atoms with E-state index in [4.69, 9.17) is 19.5 Å². The Hall–Kier alpha value is -4.25. The number of benzene rings is 2. The van der Waals surface area contributed by atoms with Gasteiger partial charge in [-0.15, -0.1) is 0 Å². The molecule has 8 heteroatoms. The summed E-state index contributed by atoms with van der Waals surface area (Å²) in [4.78, 5) is 29.8. The largest absolute Gasteiger partial charge is 0.489 e. The van der Waals surface area contributed by atoms with Crippen LogP contribution in [0.3, 0.4) is 0 Å². The minimum Gasteiger partial charge on any atom is -0.489 e. The SMILES string of the molecule is COC(=O)/C(=C\c1cc2cc(C#N)ccc2[nH]1)c1ccc(O[C@H]2CCN(C(=O)OC(C)(C)C)C2)cc1. The molecule has 1 aromatic heterocycles. The molecule has 2 aromatic carbocycles. The summed E-state index contributed by atoms with van der Waals surface area (Å²) in [6.45, 7) is 6.56. The van der Waals surface area contributed by atoms with Gasteiger partial charge in [-0.2, -0.15) is 5.26 Å². The van der Waals surface area contributed by atoms with Crippen LogP contribution in [-0.4, -0.2) is 53.9 Å². The number of rotatable bonds is 5. The molecular weight excluding hydrogens is 458 g/mol. The number of hydrogen-bond donors (Lipinski definition) is 1. The van der Waals surface area contributed by atoms with Crippen molar-refractivity contribution in [2.45, 2.75) is 38.9 Å². The molecule has 3 aromatic rings. The van der Waals surface area contributed by atoms with E-state index in [9.17, 15) is 9.59 Å². The summed E-state index contributed by atoms with van der Waals surface area (Å²) in [5.74, 6) is 0.178. The van der Waals surface area contributed by atoms with E-state index < -0.39 is 11.6 Å². The van der Waals surface area contributed by atoms with Crippen LogP contribution in [0.5, 0.6) is 5.75 Å². The van der Waals surface area contributed by atoms with Crippen LogP contribution in [0.2, 0.25) is 0 Å². The zero-order valence-electron chi connectivity index (χ0n) is 20.8.